The van der Waals surface area contributed by atoms with Crippen LogP contribution in [0.5, 0.6) is 0 Å². The molecule has 2 heteroatoms. The van der Waals surface area contributed by atoms with Gasteiger partial charge in [0.2, 0.25) is 0 Å². The van der Waals surface area contributed by atoms with Crippen molar-refractivity contribution in [3.63, 3.8) is 0 Å². The lowest BCUT2D eigenvalue weighted by Gasteiger charge is -2.17. The van der Waals surface area contributed by atoms with Gasteiger partial charge in [0, 0.05) is 11.9 Å². The number of hydrogen-bond acceptors (Lipinski definition) is 2. The van der Waals surface area contributed by atoms with Crippen LogP contribution >= 0.6 is 0 Å². The van der Waals surface area contributed by atoms with Gasteiger partial charge in [0.05, 0.1) is 11.4 Å². The smallest absolute Gasteiger partial charge is 0.0864 e. The second-order valence-corrected chi connectivity index (χ2v) is 4.11. The zero-order chi connectivity index (χ0) is 10.1. The van der Waals surface area contributed by atoms with Crippen molar-refractivity contribution >= 4 is 17.6 Å². The summed E-state index contributed by atoms with van der Waals surface area (Å²) < 4.78 is 0. The quantitative estimate of drug-likeness (QED) is 0.676. The maximum Gasteiger partial charge on any atom is 0.0864 e. The van der Waals surface area contributed by atoms with Gasteiger partial charge < -0.3 is 5.32 Å². The molecule has 0 aromatic heterocycles. The minimum atomic E-state index is 1.05. The number of aliphatic imine (C=N–C) groups is 1. The topological polar surface area (TPSA) is 24.4 Å². The van der Waals surface area contributed by atoms with E-state index in [-0.39, 0.29) is 0 Å². The molecule has 2 nitrogen and oxygen atoms in total. The van der Waals surface area contributed by atoms with Gasteiger partial charge in [-0.2, -0.15) is 0 Å². The van der Waals surface area contributed by atoms with Gasteiger partial charge in [-0.05, 0) is 43.4 Å². The molecular weight excluding hydrogens is 184 g/mol. The van der Waals surface area contributed by atoms with E-state index >= 15 is 0 Å². The molecule has 1 aliphatic carbocycles. The second kappa shape index (κ2) is 3.54. The molecule has 1 N–H and O–H groups in total. The SMILES string of the molecule is C1=Nc2ccccc2NC2=C1CCCC2. The van der Waals surface area contributed by atoms with E-state index in [1.165, 1.54) is 30.5 Å². The summed E-state index contributed by atoms with van der Waals surface area (Å²) in [6.07, 6.45) is 6.95. The van der Waals surface area contributed by atoms with Gasteiger partial charge in [0.15, 0.2) is 0 Å². The fourth-order valence-electron chi connectivity index (χ4n) is 2.22. The molecule has 0 saturated heterocycles. The van der Waals surface area contributed by atoms with Crippen molar-refractivity contribution in [2.75, 3.05) is 5.32 Å². The van der Waals surface area contributed by atoms with Crippen LogP contribution in [0.3, 0.4) is 0 Å². The van der Waals surface area contributed by atoms with E-state index in [0.29, 0.717) is 0 Å². The van der Waals surface area contributed by atoms with Crippen LogP contribution in [0.4, 0.5) is 11.4 Å². The Bertz CT molecular complexity index is 444. The van der Waals surface area contributed by atoms with Crippen LogP contribution in [0.1, 0.15) is 25.7 Å². The first-order chi connectivity index (χ1) is 7.43. The molecule has 1 aliphatic heterocycles. The molecule has 0 radical (unpaired) electrons. The fourth-order valence-corrected chi connectivity index (χ4v) is 2.22. The first kappa shape index (κ1) is 8.72. The van der Waals surface area contributed by atoms with E-state index in [9.17, 15) is 0 Å². The average molecular weight is 198 g/mol. The molecular formula is C13H14N2. The zero-order valence-electron chi connectivity index (χ0n) is 8.66. The maximum absolute atomic E-state index is 4.53. The van der Waals surface area contributed by atoms with Crippen LogP contribution < -0.4 is 5.32 Å². The third-order valence-corrected chi connectivity index (χ3v) is 3.06. The second-order valence-electron chi connectivity index (χ2n) is 4.11. The van der Waals surface area contributed by atoms with E-state index in [1.807, 2.05) is 12.3 Å². The Morgan fingerprint density at radius 1 is 1.07 bits per heavy atom. The Morgan fingerprint density at radius 2 is 1.93 bits per heavy atom. The zero-order valence-corrected chi connectivity index (χ0v) is 8.66. The summed E-state index contributed by atoms with van der Waals surface area (Å²) in [4.78, 5) is 4.53. The highest BCUT2D eigenvalue weighted by Gasteiger charge is 2.14. The molecule has 0 amide bonds. The van der Waals surface area contributed by atoms with Gasteiger partial charge in [-0.25, -0.2) is 0 Å². The van der Waals surface area contributed by atoms with Crippen molar-refractivity contribution < 1.29 is 0 Å². The lowest BCUT2D eigenvalue weighted by Crippen LogP contribution is -2.07. The first-order valence-electron chi connectivity index (χ1n) is 5.55. The van der Waals surface area contributed by atoms with Gasteiger partial charge in [-0.15, -0.1) is 0 Å². The van der Waals surface area contributed by atoms with Crippen molar-refractivity contribution in [1.82, 2.24) is 0 Å². The van der Waals surface area contributed by atoms with Crippen molar-refractivity contribution in [3.05, 3.63) is 35.5 Å². The molecule has 1 heterocycles. The van der Waals surface area contributed by atoms with Gasteiger partial charge in [0.1, 0.15) is 0 Å². The third-order valence-electron chi connectivity index (χ3n) is 3.06. The van der Waals surface area contributed by atoms with E-state index in [2.05, 4.69) is 28.5 Å². The molecule has 3 rings (SSSR count). The minimum Gasteiger partial charge on any atom is -0.357 e. The first-order valence-corrected chi connectivity index (χ1v) is 5.55. The predicted molar refractivity (Wildman–Crippen MR) is 63.7 cm³/mol. The summed E-state index contributed by atoms with van der Waals surface area (Å²) in [5, 5.41) is 3.52. The Balaban J connectivity index is 2.05. The van der Waals surface area contributed by atoms with Gasteiger partial charge in [-0.1, -0.05) is 12.1 Å². The predicted octanol–water partition coefficient (Wildman–Crippen LogP) is 3.64. The number of allylic oxidation sites excluding steroid dienone is 2. The molecule has 0 unspecified atom stereocenters. The van der Waals surface area contributed by atoms with E-state index in [0.717, 1.165) is 17.8 Å². The summed E-state index contributed by atoms with van der Waals surface area (Å²) in [7, 11) is 0. The summed E-state index contributed by atoms with van der Waals surface area (Å²) in [5.74, 6) is 0. The van der Waals surface area contributed by atoms with E-state index in [1.54, 1.807) is 0 Å². The highest BCUT2D eigenvalue weighted by molar-refractivity contribution is 5.88. The lowest BCUT2D eigenvalue weighted by molar-refractivity contribution is 0.693. The average Bonchev–Trinajstić information content (AvgIpc) is 2.48. The van der Waals surface area contributed by atoms with Crippen molar-refractivity contribution in [2.24, 2.45) is 4.99 Å². The lowest BCUT2D eigenvalue weighted by atomic mass is 9.97. The number of anilines is 1. The van der Waals surface area contributed by atoms with Crippen LogP contribution in [0.25, 0.3) is 0 Å². The molecule has 2 aliphatic rings. The normalized spacial score (nSPS) is 18.9. The molecule has 0 bridgehead atoms. The number of benzene rings is 1. The number of para-hydroxylation sites is 2. The molecule has 0 saturated carbocycles. The van der Waals surface area contributed by atoms with Gasteiger partial charge in [-0.3, -0.25) is 4.99 Å². The van der Waals surface area contributed by atoms with E-state index < -0.39 is 0 Å². The minimum absolute atomic E-state index is 1.05. The van der Waals surface area contributed by atoms with Crippen molar-refractivity contribution in [2.45, 2.75) is 25.7 Å². The number of rotatable bonds is 0. The van der Waals surface area contributed by atoms with Gasteiger partial charge >= 0.3 is 0 Å². The Hall–Kier alpha value is -1.57. The summed E-state index contributed by atoms with van der Waals surface area (Å²) in [5.41, 5.74) is 4.94. The largest absolute Gasteiger partial charge is 0.357 e. The number of nitrogens with one attached hydrogen (secondary N) is 1. The molecule has 1 aromatic carbocycles. The van der Waals surface area contributed by atoms with Crippen molar-refractivity contribution in [3.8, 4) is 0 Å². The molecule has 1 aromatic rings. The van der Waals surface area contributed by atoms with Crippen LogP contribution in [-0.2, 0) is 0 Å². The molecule has 0 atom stereocenters. The molecule has 76 valence electrons. The Kier molecular flexibility index (Phi) is 2.05. The number of hydrogen-bond donors (Lipinski definition) is 1. The fraction of sp³-hybridized carbons (Fsp3) is 0.308. The van der Waals surface area contributed by atoms with Crippen LogP contribution in [0, 0.1) is 0 Å². The Labute approximate surface area is 89.7 Å². The van der Waals surface area contributed by atoms with Crippen molar-refractivity contribution in [1.29, 1.82) is 0 Å². The summed E-state index contributed by atoms with van der Waals surface area (Å²) in [6.45, 7) is 0. The van der Waals surface area contributed by atoms with E-state index in [4.69, 9.17) is 0 Å². The summed E-state index contributed by atoms with van der Waals surface area (Å²) >= 11 is 0. The summed E-state index contributed by atoms with van der Waals surface area (Å²) in [6, 6.07) is 8.23. The maximum atomic E-state index is 4.53. The standard InChI is InChI=1S/C13H14N2/c1-2-6-11-10(5-1)9-14-12-7-3-4-8-13(12)15-11/h3-4,7-9,15H,1-2,5-6H2. The molecule has 15 heavy (non-hydrogen) atoms. The third kappa shape index (κ3) is 1.56. The highest BCUT2D eigenvalue weighted by atomic mass is 14.9. The number of fused-ring (bicyclic) bond motifs is 1. The van der Waals surface area contributed by atoms with Crippen LogP contribution in [0.15, 0.2) is 40.5 Å². The number of nitrogens with zero attached hydrogens (tertiary/aromatic N) is 1. The van der Waals surface area contributed by atoms with Gasteiger partial charge in [0.25, 0.3) is 0 Å². The molecule has 0 fully saturated rings. The van der Waals surface area contributed by atoms with Crippen LogP contribution in [0.2, 0.25) is 0 Å². The molecule has 0 spiro atoms. The highest BCUT2D eigenvalue weighted by Crippen LogP contribution is 2.33. The monoisotopic (exact) mass is 198 g/mol. The van der Waals surface area contributed by atoms with Crippen LogP contribution in [-0.4, -0.2) is 6.21 Å². The Morgan fingerprint density at radius 3 is 2.93 bits per heavy atom.